The highest BCUT2D eigenvalue weighted by atomic mass is 79.9. The van der Waals surface area contributed by atoms with Crippen molar-refractivity contribution in [3.8, 4) is 0 Å². The second kappa shape index (κ2) is 6.91. The number of H-pyrrole nitrogens is 1. The summed E-state index contributed by atoms with van der Waals surface area (Å²) in [7, 11) is 0. The van der Waals surface area contributed by atoms with Crippen molar-refractivity contribution in [3.63, 3.8) is 0 Å². The smallest absolute Gasteiger partial charge is 0.254 e. The predicted molar refractivity (Wildman–Crippen MR) is 113 cm³/mol. The second-order valence-corrected chi connectivity index (χ2v) is 7.92. The number of fused-ring (bicyclic) bond motifs is 3. The lowest BCUT2D eigenvalue weighted by molar-refractivity contribution is 0.0692. The third-order valence-electron chi connectivity index (χ3n) is 5.39. The second-order valence-electron chi connectivity index (χ2n) is 7.01. The van der Waals surface area contributed by atoms with Gasteiger partial charge in [0.1, 0.15) is 0 Å². The molecule has 4 aromatic rings. The Labute approximate surface area is 171 Å². The van der Waals surface area contributed by atoms with E-state index in [9.17, 15) is 4.79 Å². The molecule has 3 heterocycles. The summed E-state index contributed by atoms with van der Waals surface area (Å²) in [5.74, 6) is 0.0330. The Morgan fingerprint density at radius 1 is 1.07 bits per heavy atom. The van der Waals surface area contributed by atoms with E-state index in [-0.39, 0.29) is 11.9 Å². The number of carbonyl (C=O) groups excluding carboxylic acids is 1. The van der Waals surface area contributed by atoms with Crippen molar-refractivity contribution in [2.24, 2.45) is 0 Å². The minimum Gasteiger partial charge on any atom is -0.356 e. The SMILES string of the molecule is O=C(c1ccc(Br)cc1)N1CCc2c([nH]c3ccccc23)[C@H]1c1cccnc1. The van der Waals surface area contributed by atoms with E-state index < -0.39 is 0 Å². The predicted octanol–water partition coefficient (Wildman–Crippen LogP) is 5.11. The van der Waals surface area contributed by atoms with Crippen molar-refractivity contribution in [2.75, 3.05) is 6.54 Å². The monoisotopic (exact) mass is 431 g/mol. The van der Waals surface area contributed by atoms with Gasteiger partial charge in [0.25, 0.3) is 5.91 Å². The molecule has 1 aliphatic rings. The summed E-state index contributed by atoms with van der Waals surface area (Å²) in [4.78, 5) is 23.2. The van der Waals surface area contributed by atoms with Crippen molar-refractivity contribution >= 4 is 32.7 Å². The molecule has 4 nitrogen and oxygen atoms in total. The van der Waals surface area contributed by atoms with Crippen LogP contribution in [0.25, 0.3) is 10.9 Å². The Bertz CT molecular complexity index is 1150. The zero-order chi connectivity index (χ0) is 19.1. The number of nitrogens with zero attached hydrogens (tertiary/aromatic N) is 2. The summed E-state index contributed by atoms with van der Waals surface area (Å²) in [6.07, 6.45) is 4.45. The van der Waals surface area contributed by atoms with Gasteiger partial charge < -0.3 is 9.88 Å². The van der Waals surface area contributed by atoms with Gasteiger partial charge in [0.15, 0.2) is 0 Å². The first-order valence-electron chi connectivity index (χ1n) is 9.28. The average molecular weight is 432 g/mol. The maximum atomic E-state index is 13.4. The van der Waals surface area contributed by atoms with E-state index in [2.05, 4.69) is 44.1 Å². The van der Waals surface area contributed by atoms with Crippen molar-refractivity contribution in [3.05, 3.63) is 99.9 Å². The number of halogens is 1. The van der Waals surface area contributed by atoms with E-state index in [0.29, 0.717) is 12.1 Å². The minimum absolute atomic E-state index is 0.0330. The molecule has 1 amide bonds. The number of nitrogens with one attached hydrogen (secondary N) is 1. The van der Waals surface area contributed by atoms with Gasteiger partial charge in [-0.25, -0.2) is 0 Å². The summed E-state index contributed by atoms with van der Waals surface area (Å²) in [6.45, 7) is 0.670. The van der Waals surface area contributed by atoms with Gasteiger partial charge in [-0.1, -0.05) is 40.2 Å². The van der Waals surface area contributed by atoms with Crippen LogP contribution in [0.4, 0.5) is 0 Å². The molecule has 0 fully saturated rings. The third kappa shape index (κ3) is 2.83. The normalized spacial score (nSPS) is 16.2. The van der Waals surface area contributed by atoms with Gasteiger partial charge in [-0.2, -0.15) is 0 Å². The van der Waals surface area contributed by atoms with E-state index in [1.807, 2.05) is 53.6 Å². The number of hydrogen-bond acceptors (Lipinski definition) is 2. The fourth-order valence-electron chi connectivity index (χ4n) is 4.10. The molecule has 0 saturated heterocycles. The maximum absolute atomic E-state index is 13.4. The van der Waals surface area contributed by atoms with Gasteiger partial charge in [-0.05, 0) is 53.9 Å². The minimum atomic E-state index is -0.180. The Hall–Kier alpha value is -2.92. The number of pyridine rings is 1. The average Bonchev–Trinajstić information content (AvgIpc) is 3.12. The van der Waals surface area contributed by atoms with Gasteiger partial charge in [0.05, 0.1) is 6.04 Å². The number of aromatic amines is 1. The molecule has 0 aliphatic carbocycles. The summed E-state index contributed by atoms with van der Waals surface area (Å²) < 4.78 is 0.962. The molecule has 5 rings (SSSR count). The van der Waals surface area contributed by atoms with Crippen LogP contribution in [0.2, 0.25) is 0 Å². The highest BCUT2D eigenvalue weighted by Gasteiger charge is 2.35. The molecular formula is C23H18BrN3O. The van der Waals surface area contributed by atoms with Gasteiger partial charge in [0.2, 0.25) is 0 Å². The topological polar surface area (TPSA) is 49.0 Å². The molecule has 0 spiro atoms. The molecular weight excluding hydrogens is 414 g/mol. The van der Waals surface area contributed by atoms with Crippen LogP contribution in [0.15, 0.2) is 77.5 Å². The lowest BCUT2D eigenvalue weighted by atomic mass is 9.92. The molecule has 28 heavy (non-hydrogen) atoms. The molecule has 1 aliphatic heterocycles. The fraction of sp³-hybridized carbons (Fsp3) is 0.130. The molecule has 1 N–H and O–H groups in total. The highest BCUT2D eigenvalue weighted by Crippen LogP contribution is 2.38. The van der Waals surface area contributed by atoms with E-state index >= 15 is 0 Å². The zero-order valence-electron chi connectivity index (χ0n) is 15.1. The summed E-state index contributed by atoms with van der Waals surface area (Å²) in [5, 5.41) is 1.24. The number of amides is 1. The highest BCUT2D eigenvalue weighted by molar-refractivity contribution is 9.10. The molecule has 2 aromatic heterocycles. The standard InChI is InChI=1S/C23H18BrN3O/c24-17-9-7-15(8-10-17)23(28)27-13-11-19-18-5-1-2-6-20(18)26-21(19)22(27)16-4-3-12-25-14-16/h1-10,12,14,22,26H,11,13H2/t22-/m1/s1. The van der Waals surface area contributed by atoms with Crippen LogP contribution in [0.5, 0.6) is 0 Å². The van der Waals surface area contributed by atoms with Crippen molar-refractivity contribution in [1.82, 2.24) is 14.9 Å². The van der Waals surface area contributed by atoms with Gasteiger partial charge in [-0.15, -0.1) is 0 Å². The molecule has 0 unspecified atom stereocenters. The molecule has 1 atom stereocenters. The molecule has 5 heteroatoms. The number of para-hydroxylation sites is 1. The zero-order valence-corrected chi connectivity index (χ0v) is 16.7. The molecule has 0 radical (unpaired) electrons. The van der Waals surface area contributed by atoms with E-state index in [4.69, 9.17) is 0 Å². The van der Waals surface area contributed by atoms with Crippen LogP contribution in [0.3, 0.4) is 0 Å². The number of rotatable bonds is 2. The first-order chi connectivity index (χ1) is 13.7. The first-order valence-corrected chi connectivity index (χ1v) is 10.1. The van der Waals surface area contributed by atoms with Crippen LogP contribution < -0.4 is 0 Å². The molecule has 2 aromatic carbocycles. The lowest BCUT2D eigenvalue weighted by Crippen LogP contribution is -2.40. The molecule has 138 valence electrons. The van der Waals surface area contributed by atoms with Crippen LogP contribution in [0, 0.1) is 0 Å². The van der Waals surface area contributed by atoms with Crippen molar-refractivity contribution in [2.45, 2.75) is 12.5 Å². The van der Waals surface area contributed by atoms with Crippen LogP contribution in [-0.4, -0.2) is 27.3 Å². The van der Waals surface area contributed by atoms with Gasteiger partial charge in [0, 0.05) is 45.6 Å². The van der Waals surface area contributed by atoms with E-state index in [1.54, 1.807) is 6.20 Å². The fourth-order valence-corrected chi connectivity index (χ4v) is 4.37. The summed E-state index contributed by atoms with van der Waals surface area (Å²) in [5.41, 5.74) is 5.20. The number of carbonyl (C=O) groups is 1. The first kappa shape index (κ1) is 17.2. The summed E-state index contributed by atoms with van der Waals surface area (Å²) >= 11 is 3.44. The number of hydrogen-bond donors (Lipinski definition) is 1. The Morgan fingerprint density at radius 2 is 1.89 bits per heavy atom. The van der Waals surface area contributed by atoms with E-state index in [0.717, 1.165) is 27.7 Å². The largest absolute Gasteiger partial charge is 0.356 e. The Kier molecular flexibility index (Phi) is 4.24. The molecule has 0 bridgehead atoms. The molecule has 0 saturated carbocycles. The third-order valence-corrected chi connectivity index (χ3v) is 5.92. The maximum Gasteiger partial charge on any atom is 0.254 e. The van der Waals surface area contributed by atoms with Crippen molar-refractivity contribution < 1.29 is 4.79 Å². The van der Waals surface area contributed by atoms with Gasteiger partial charge in [-0.3, -0.25) is 9.78 Å². The quantitative estimate of drug-likeness (QED) is 0.479. The Morgan fingerprint density at radius 3 is 2.68 bits per heavy atom. The Balaban J connectivity index is 1.65. The number of benzene rings is 2. The van der Waals surface area contributed by atoms with Gasteiger partial charge >= 0.3 is 0 Å². The number of aromatic nitrogens is 2. The van der Waals surface area contributed by atoms with Crippen LogP contribution in [0.1, 0.15) is 33.2 Å². The van der Waals surface area contributed by atoms with Crippen molar-refractivity contribution in [1.29, 1.82) is 0 Å². The van der Waals surface area contributed by atoms with Crippen LogP contribution in [-0.2, 0) is 6.42 Å². The lowest BCUT2D eigenvalue weighted by Gasteiger charge is -2.36. The summed E-state index contributed by atoms with van der Waals surface area (Å²) in [6, 6.07) is 19.7. The van der Waals surface area contributed by atoms with Crippen LogP contribution >= 0.6 is 15.9 Å². The van der Waals surface area contributed by atoms with E-state index in [1.165, 1.54) is 10.9 Å².